The van der Waals surface area contributed by atoms with Crippen LogP contribution in [0.5, 0.6) is 5.75 Å². The van der Waals surface area contributed by atoms with Gasteiger partial charge in [-0.3, -0.25) is 14.9 Å². The average Bonchev–Trinajstić information content (AvgIpc) is 2.76. The number of carbonyl (C=O) groups excluding carboxylic acids is 1. The van der Waals surface area contributed by atoms with Crippen LogP contribution in [-0.2, 0) is 17.8 Å². The second-order valence-corrected chi connectivity index (χ2v) is 7.15. The standard InChI is InChI=1S/C24H23N3O4/c1-17-7-8-18(2)21(13-17)14-24(28)26-25-15-20-5-3-4-6-23(20)31-16-19-9-11-22(12-10-19)27(29)30/h3-13,15H,14,16H2,1-2H3,(H,26,28)/b25-15+. The molecule has 0 saturated carbocycles. The zero-order chi connectivity index (χ0) is 22.2. The van der Waals surface area contributed by atoms with Gasteiger partial charge in [0, 0.05) is 17.7 Å². The van der Waals surface area contributed by atoms with Crippen LogP contribution in [0.15, 0.2) is 71.8 Å². The summed E-state index contributed by atoms with van der Waals surface area (Å²) in [4.78, 5) is 22.5. The van der Waals surface area contributed by atoms with Crippen LogP contribution in [0.1, 0.15) is 27.8 Å². The Morgan fingerprint density at radius 1 is 1.10 bits per heavy atom. The molecule has 0 spiro atoms. The van der Waals surface area contributed by atoms with Crippen LogP contribution in [0.2, 0.25) is 0 Å². The number of benzene rings is 3. The van der Waals surface area contributed by atoms with Crippen LogP contribution in [0.4, 0.5) is 5.69 Å². The van der Waals surface area contributed by atoms with E-state index in [9.17, 15) is 14.9 Å². The number of nitro benzene ring substituents is 1. The van der Waals surface area contributed by atoms with E-state index in [0.29, 0.717) is 11.3 Å². The van der Waals surface area contributed by atoms with Gasteiger partial charge in [-0.2, -0.15) is 5.10 Å². The summed E-state index contributed by atoms with van der Waals surface area (Å²) in [6.07, 6.45) is 1.79. The number of amides is 1. The molecule has 0 radical (unpaired) electrons. The van der Waals surface area contributed by atoms with Crippen molar-refractivity contribution in [1.29, 1.82) is 0 Å². The van der Waals surface area contributed by atoms with E-state index in [2.05, 4.69) is 10.5 Å². The lowest BCUT2D eigenvalue weighted by Gasteiger charge is -2.09. The van der Waals surface area contributed by atoms with E-state index in [4.69, 9.17) is 4.74 Å². The van der Waals surface area contributed by atoms with E-state index >= 15 is 0 Å². The van der Waals surface area contributed by atoms with Crippen molar-refractivity contribution in [3.63, 3.8) is 0 Å². The minimum absolute atomic E-state index is 0.0351. The summed E-state index contributed by atoms with van der Waals surface area (Å²) in [5.74, 6) is 0.391. The lowest BCUT2D eigenvalue weighted by atomic mass is 10.0. The number of para-hydroxylation sites is 1. The van der Waals surface area contributed by atoms with Crippen molar-refractivity contribution in [1.82, 2.24) is 5.43 Å². The fraction of sp³-hybridized carbons (Fsp3) is 0.167. The van der Waals surface area contributed by atoms with Gasteiger partial charge in [0.2, 0.25) is 5.91 Å². The molecule has 0 aliphatic heterocycles. The lowest BCUT2D eigenvalue weighted by molar-refractivity contribution is -0.384. The summed E-state index contributed by atoms with van der Waals surface area (Å²) in [7, 11) is 0. The molecular weight excluding hydrogens is 394 g/mol. The molecule has 0 fully saturated rings. The van der Waals surface area contributed by atoms with Crippen LogP contribution >= 0.6 is 0 Å². The summed E-state index contributed by atoms with van der Waals surface area (Å²) in [5, 5.41) is 14.8. The fourth-order valence-electron chi connectivity index (χ4n) is 2.97. The summed E-state index contributed by atoms with van der Waals surface area (Å²) < 4.78 is 5.83. The Morgan fingerprint density at radius 3 is 2.58 bits per heavy atom. The van der Waals surface area contributed by atoms with Gasteiger partial charge in [0.05, 0.1) is 17.6 Å². The third-order valence-corrected chi connectivity index (χ3v) is 4.71. The zero-order valence-electron chi connectivity index (χ0n) is 17.4. The number of aryl methyl sites for hydroxylation is 2. The normalized spacial score (nSPS) is 10.8. The van der Waals surface area contributed by atoms with Crippen molar-refractivity contribution in [3.05, 3.63) is 105 Å². The van der Waals surface area contributed by atoms with Crippen molar-refractivity contribution in [2.75, 3.05) is 0 Å². The maximum Gasteiger partial charge on any atom is 0.269 e. The maximum absolute atomic E-state index is 12.2. The SMILES string of the molecule is Cc1ccc(C)c(CC(=O)N/N=C/c2ccccc2OCc2ccc([N+](=O)[O-])cc2)c1. The topological polar surface area (TPSA) is 93.8 Å². The molecule has 158 valence electrons. The van der Waals surface area contributed by atoms with Crippen LogP contribution in [0, 0.1) is 24.0 Å². The molecule has 7 heteroatoms. The maximum atomic E-state index is 12.2. The first kappa shape index (κ1) is 21.7. The Labute approximate surface area is 180 Å². The molecule has 1 N–H and O–H groups in total. The lowest BCUT2D eigenvalue weighted by Crippen LogP contribution is -2.20. The fourth-order valence-corrected chi connectivity index (χ4v) is 2.97. The largest absolute Gasteiger partial charge is 0.488 e. The summed E-state index contributed by atoms with van der Waals surface area (Å²) >= 11 is 0. The van der Waals surface area contributed by atoms with Crippen LogP contribution < -0.4 is 10.2 Å². The van der Waals surface area contributed by atoms with Crippen molar-refractivity contribution in [3.8, 4) is 5.75 Å². The van der Waals surface area contributed by atoms with E-state index in [1.165, 1.54) is 18.3 Å². The molecule has 0 saturated heterocycles. The molecule has 7 nitrogen and oxygen atoms in total. The quantitative estimate of drug-likeness (QED) is 0.332. The highest BCUT2D eigenvalue weighted by atomic mass is 16.6. The number of hydrogen-bond donors (Lipinski definition) is 1. The van der Waals surface area contributed by atoms with E-state index in [0.717, 1.165) is 22.3 Å². The predicted octanol–water partition coefficient (Wildman–Crippen LogP) is 4.48. The van der Waals surface area contributed by atoms with Crippen LogP contribution in [0.3, 0.4) is 0 Å². The first-order valence-corrected chi connectivity index (χ1v) is 9.75. The van der Waals surface area contributed by atoms with E-state index in [1.54, 1.807) is 18.2 Å². The van der Waals surface area contributed by atoms with Crippen molar-refractivity contribution in [2.24, 2.45) is 5.10 Å². The minimum Gasteiger partial charge on any atom is -0.488 e. The molecule has 0 aliphatic carbocycles. The molecule has 3 aromatic carbocycles. The first-order valence-electron chi connectivity index (χ1n) is 9.75. The predicted molar refractivity (Wildman–Crippen MR) is 119 cm³/mol. The van der Waals surface area contributed by atoms with Crippen LogP contribution in [-0.4, -0.2) is 17.0 Å². The molecule has 0 bridgehead atoms. The number of carbonyl (C=O) groups is 1. The number of ether oxygens (including phenoxy) is 1. The Balaban J connectivity index is 1.59. The first-order chi connectivity index (χ1) is 14.9. The van der Waals surface area contributed by atoms with Gasteiger partial charge in [-0.1, -0.05) is 35.9 Å². The van der Waals surface area contributed by atoms with Crippen molar-refractivity contribution < 1.29 is 14.5 Å². The van der Waals surface area contributed by atoms with Crippen molar-refractivity contribution in [2.45, 2.75) is 26.9 Å². The number of nitrogens with one attached hydrogen (secondary N) is 1. The molecular formula is C24H23N3O4. The Kier molecular flexibility index (Phi) is 7.11. The van der Waals surface area contributed by atoms with Gasteiger partial charge in [0.25, 0.3) is 5.69 Å². The zero-order valence-corrected chi connectivity index (χ0v) is 17.4. The van der Waals surface area contributed by atoms with Gasteiger partial charge >= 0.3 is 0 Å². The molecule has 3 aromatic rings. The number of hydrazone groups is 1. The highest BCUT2D eigenvalue weighted by Crippen LogP contribution is 2.19. The summed E-state index contributed by atoms with van der Waals surface area (Å²) in [5.41, 5.74) is 7.24. The summed E-state index contributed by atoms with van der Waals surface area (Å²) in [6, 6.07) is 19.5. The number of rotatable bonds is 8. The molecule has 0 aromatic heterocycles. The second-order valence-electron chi connectivity index (χ2n) is 7.15. The molecule has 0 atom stereocenters. The molecule has 0 aliphatic rings. The molecule has 0 heterocycles. The smallest absolute Gasteiger partial charge is 0.269 e. The third kappa shape index (κ3) is 6.24. The second kappa shape index (κ2) is 10.2. The number of hydrogen-bond acceptors (Lipinski definition) is 5. The van der Waals surface area contributed by atoms with Gasteiger partial charge in [0.1, 0.15) is 12.4 Å². The van der Waals surface area contributed by atoms with E-state index in [-0.39, 0.29) is 24.6 Å². The number of non-ortho nitro benzene ring substituents is 1. The molecule has 31 heavy (non-hydrogen) atoms. The molecule has 0 unspecified atom stereocenters. The minimum atomic E-state index is -0.440. The summed E-state index contributed by atoms with van der Waals surface area (Å²) in [6.45, 7) is 4.22. The molecule has 1 amide bonds. The van der Waals surface area contributed by atoms with Gasteiger partial charge in [-0.15, -0.1) is 0 Å². The van der Waals surface area contributed by atoms with Gasteiger partial charge in [-0.25, -0.2) is 5.43 Å². The number of nitro groups is 1. The highest BCUT2D eigenvalue weighted by molar-refractivity contribution is 5.85. The third-order valence-electron chi connectivity index (χ3n) is 4.71. The number of nitrogens with zero attached hydrogens (tertiary/aromatic N) is 2. The van der Waals surface area contributed by atoms with Gasteiger partial charge in [0.15, 0.2) is 0 Å². The average molecular weight is 417 g/mol. The Morgan fingerprint density at radius 2 is 1.84 bits per heavy atom. The Hall–Kier alpha value is -4.00. The van der Waals surface area contributed by atoms with Crippen LogP contribution in [0.25, 0.3) is 0 Å². The molecule has 3 rings (SSSR count). The monoisotopic (exact) mass is 417 g/mol. The van der Waals surface area contributed by atoms with Crippen molar-refractivity contribution >= 4 is 17.8 Å². The van der Waals surface area contributed by atoms with Gasteiger partial charge in [-0.05, 0) is 54.8 Å². The van der Waals surface area contributed by atoms with E-state index in [1.807, 2.05) is 50.2 Å². The highest BCUT2D eigenvalue weighted by Gasteiger charge is 2.07. The Bertz CT molecular complexity index is 1110. The van der Waals surface area contributed by atoms with E-state index < -0.39 is 4.92 Å². The van der Waals surface area contributed by atoms with Gasteiger partial charge < -0.3 is 4.74 Å².